The number of hydrogen-bond donors (Lipinski definition) is 1. The van der Waals surface area contributed by atoms with Gasteiger partial charge in [-0.25, -0.2) is 0 Å². The number of ether oxygens (including phenoxy) is 1. The molecule has 1 aromatic carbocycles. The number of benzene rings is 1. The van der Waals surface area contributed by atoms with Crippen LogP contribution in [0.1, 0.15) is 10.4 Å². The quantitative estimate of drug-likeness (QED) is 0.937. The second kappa shape index (κ2) is 6.02. The van der Waals surface area contributed by atoms with Crippen molar-refractivity contribution in [3.8, 4) is 11.8 Å². The third-order valence-electron chi connectivity index (χ3n) is 3.16. The van der Waals surface area contributed by atoms with Gasteiger partial charge in [0.15, 0.2) is 5.60 Å². The minimum atomic E-state index is -0.371. The number of rotatable bonds is 3. The summed E-state index contributed by atoms with van der Waals surface area (Å²) >= 11 is 7.65. The average Bonchev–Trinajstić information content (AvgIpc) is 2.88. The molecule has 1 aliphatic heterocycles. The number of nitriles is 1. The van der Waals surface area contributed by atoms with E-state index in [1.807, 2.05) is 11.4 Å². The monoisotopic (exact) mass is 326 g/mol. The molecule has 0 aliphatic carbocycles. The van der Waals surface area contributed by atoms with Gasteiger partial charge in [-0.15, -0.1) is 23.7 Å². The molecule has 1 saturated heterocycles. The van der Waals surface area contributed by atoms with Crippen molar-refractivity contribution in [1.29, 1.82) is 5.26 Å². The maximum absolute atomic E-state index is 9.14. The van der Waals surface area contributed by atoms with Crippen molar-refractivity contribution in [1.82, 2.24) is 5.32 Å². The van der Waals surface area contributed by atoms with Crippen LogP contribution in [0.5, 0.6) is 5.75 Å². The standard InChI is InChI=1S/C14H11ClN2OS.ClH/c15-11-4-3-10(7-16)12(6-11)18-14(8-17-9-14)13-2-1-5-19-13;/h1-6,17H,8-9H2;1H. The summed E-state index contributed by atoms with van der Waals surface area (Å²) in [5, 5.41) is 15.0. The number of nitrogens with zero attached hydrogens (tertiary/aromatic N) is 1. The van der Waals surface area contributed by atoms with Gasteiger partial charge in [-0.3, -0.25) is 0 Å². The van der Waals surface area contributed by atoms with Crippen LogP contribution in [0.4, 0.5) is 0 Å². The molecule has 0 bridgehead atoms. The first-order valence-electron chi connectivity index (χ1n) is 5.87. The minimum Gasteiger partial charge on any atom is -0.478 e. The Kier molecular flexibility index (Phi) is 4.56. The van der Waals surface area contributed by atoms with Gasteiger partial charge in [-0.05, 0) is 23.6 Å². The fourth-order valence-electron chi connectivity index (χ4n) is 2.07. The Labute approximate surface area is 132 Å². The molecule has 0 atom stereocenters. The van der Waals surface area contributed by atoms with E-state index >= 15 is 0 Å². The van der Waals surface area contributed by atoms with Crippen molar-refractivity contribution in [2.24, 2.45) is 0 Å². The summed E-state index contributed by atoms with van der Waals surface area (Å²) in [5.74, 6) is 0.546. The maximum atomic E-state index is 9.14. The average molecular weight is 327 g/mol. The van der Waals surface area contributed by atoms with E-state index in [1.54, 1.807) is 29.5 Å². The van der Waals surface area contributed by atoms with Gasteiger partial charge >= 0.3 is 0 Å². The van der Waals surface area contributed by atoms with Gasteiger partial charge in [-0.2, -0.15) is 5.26 Å². The molecule has 104 valence electrons. The first kappa shape index (κ1) is 15.1. The summed E-state index contributed by atoms with van der Waals surface area (Å²) < 4.78 is 6.13. The molecule has 6 heteroatoms. The van der Waals surface area contributed by atoms with E-state index in [4.69, 9.17) is 21.6 Å². The summed E-state index contributed by atoms with van der Waals surface area (Å²) in [7, 11) is 0. The van der Waals surface area contributed by atoms with Crippen LogP contribution < -0.4 is 10.1 Å². The fraction of sp³-hybridized carbons (Fsp3) is 0.214. The summed E-state index contributed by atoms with van der Waals surface area (Å²) in [5.41, 5.74) is 0.136. The zero-order valence-electron chi connectivity index (χ0n) is 10.4. The normalized spacial score (nSPS) is 15.6. The zero-order chi connectivity index (χ0) is 13.3. The lowest BCUT2D eigenvalue weighted by molar-refractivity contribution is 0.0154. The van der Waals surface area contributed by atoms with E-state index in [0.29, 0.717) is 16.3 Å². The van der Waals surface area contributed by atoms with Gasteiger partial charge < -0.3 is 10.1 Å². The molecule has 1 aliphatic rings. The highest BCUT2D eigenvalue weighted by Gasteiger charge is 2.42. The van der Waals surface area contributed by atoms with Gasteiger partial charge in [0.2, 0.25) is 0 Å². The molecule has 3 nitrogen and oxygen atoms in total. The topological polar surface area (TPSA) is 45.0 Å². The minimum absolute atomic E-state index is 0. The van der Waals surface area contributed by atoms with Crippen LogP contribution in [0.2, 0.25) is 5.02 Å². The van der Waals surface area contributed by atoms with Crippen LogP contribution in [-0.2, 0) is 5.60 Å². The van der Waals surface area contributed by atoms with E-state index in [0.717, 1.165) is 18.0 Å². The molecule has 2 aromatic rings. The number of thiophene rings is 1. The molecule has 2 heterocycles. The zero-order valence-corrected chi connectivity index (χ0v) is 12.8. The van der Waals surface area contributed by atoms with Crippen molar-refractivity contribution < 1.29 is 4.74 Å². The third kappa shape index (κ3) is 2.63. The molecule has 0 amide bonds. The van der Waals surface area contributed by atoms with E-state index < -0.39 is 0 Å². The van der Waals surface area contributed by atoms with Crippen LogP contribution in [0, 0.1) is 11.3 Å². The van der Waals surface area contributed by atoms with Crippen molar-refractivity contribution >= 4 is 35.3 Å². The van der Waals surface area contributed by atoms with Crippen LogP contribution in [0.3, 0.4) is 0 Å². The van der Waals surface area contributed by atoms with Crippen molar-refractivity contribution in [3.63, 3.8) is 0 Å². The van der Waals surface area contributed by atoms with E-state index in [9.17, 15) is 0 Å². The molecular formula is C14H12Cl2N2OS. The second-order valence-corrected chi connectivity index (χ2v) is 5.81. The molecule has 0 radical (unpaired) electrons. The van der Waals surface area contributed by atoms with E-state index in [2.05, 4.69) is 17.5 Å². The Morgan fingerprint density at radius 2 is 2.15 bits per heavy atom. The predicted molar refractivity (Wildman–Crippen MR) is 82.9 cm³/mol. The van der Waals surface area contributed by atoms with Crippen molar-refractivity contribution in [3.05, 3.63) is 51.2 Å². The molecule has 0 spiro atoms. The Balaban J connectivity index is 0.00000147. The van der Waals surface area contributed by atoms with E-state index in [1.165, 1.54) is 0 Å². The molecule has 1 fully saturated rings. The van der Waals surface area contributed by atoms with Gasteiger partial charge in [0.25, 0.3) is 0 Å². The molecule has 0 unspecified atom stereocenters. The Morgan fingerprint density at radius 3 is 2.70 bits per heavy atom. The Hall–Kier alpha value is -1.25. The second-order valence-electron chi connectivity index (χ2n) is 4.43. The molecule has 20 heavy (non-hydrogen) atoms. The lowest BCUT2D eigenvalue weighted by Gasteiger charge is -2.42. The lowest BCUT2D eigenvalue weighted by Crippen LogP contribution is -2.60. The highest BCUT2D eigenvalue weighted by Crippen LogP contribution is 2.36. The molecule has 0 saturated carbocycles. The van der Waals surface area contributed by atoms with Crippen LogP contribution in [0.25, 0.3) is 0 Å². The highest BCUT2D eigenvalue weighted by atomic mass is 35.5. The smallest absolute Gasteiger partial charge is 0.168 e. The third-order valence-corrected chi connectivity index (χ3v) is 4.45. The lowest BCUT2D eigenvalue weighted by atomic mass is 9.94. The summed E-state index contributed by atoms with van der Waals surface area (Å²) in [6, 6.07) is 11.3. The number of nitrogens with one attached hydrogen (secondary N) is 1. The molecule has 3 rings (SSSR count). The molecular weight excluding hydrogens is 315 g/mol. The van der Waals surface area contributed by atoms with Crippen molar-refractivity contribution in [2.45, 2.75) is 5.60 Å². The Bertz CT molecular complexity index is 633. The van der Waals surface area contributed by atoms with E-state index in [-0.39, 0.29) is 18.0 Å². The number of halogens is 2. The maximum Gasteiger partial charge on any atom is 0.168 e. The number of hydrogen-bond acceptors (Lipinski definition) is 4. The summed E-state index contributed by atoms with van der Waals surface area (Å²) in [4.78, 5) is 1.16. The van der Waals surface area contributed by atoms with Gasteiger partial charge in [-0.1, -0.05) is 17.7 Å². The first-order valence-corrected chi connectivity index (χ1v) is 7.13. The summed E-state index contributed by atoms with van der Waals surface area (Å²) in [6.07, 6.45) is 0. The Morgan fingerprint density at radius 1 is 1.35 bits per heavy atom. The van der Waals surface area contributed by atoms with Gasteiger partial charge in [0.05, 0.1) is 10.4 Å². The van der Waals surface area contributed by atoms with Gasteiger partial charge in [0, 0.05) is 24.2 Å². The first-order chi connectivity index (χ1) is 9.23. The molecule has 1 N–H and O–H groups in total. The van der Waals surface area contributed by atoms with Crippen LogP contribution >= 0.6 is 35.3 Å². The largest absolute Gasteiger partial charge is 0.478 e. The van der Waals surface area contributed by atoms with Crippen LogP contribution in [0.15, 0.2) is 35.7 Å². The summed E-state index contributed by atoms with van der Waals surface area (Å²) in [6.45, 7) is 1.48. The molecule has 1 aromatic heterocycles. The highest BCUT2D eigenvalue weighted by molar-refractivity contribution is 7.10. The fourth-order valence-corrected chi connectivity index (χ4v) is 3.09. The van der Waals surface area contributed by atoms with Crippen LogP contribution in [-0.4, -0.2) is 13.1 Å². The van der Waals surface area contributed by atoms with Crippen molar-refractivity contribution in [2.75, 3.05) is 13.1 Å². The van der Waals surface area contributed by atoms with Gasteiger partial charge in [0.1, 0.15) is 11.8 Å². The predicted octanol–water partition coefficient (Wildman–Crippen LogP) is 3.57. The SMILES string of the molecule is Cl.N#Cc1ccc(Cl)cc1OC1(c2cccs2)CNC1.